The van der Waals surface area contributed by atoms with Crippen LogP contribution in [0, 0.1) is 11.3 Å². The zero-order valence-corrected chi connectivity index (χ0v) is 8.77. The topological polar surface area (TPSA) is 26.0 Å². The third kappa shape index (κ3) is 3.14. The molecule has 0 radical (unpaired) electrons. The normalized spacial score (nSPS) is 32.0. The van der Waals surface area contributed by atoms with Gasteiger partial charge in [0.1, 0.15) is 0 Å². The second-order valence-corrected chi connectivity index (χ2v) is 5.47. The van der Waals surface area contributed by atoms with Gasteiger partial charge in [-0.1, -0.05) is 33.6 Å². The van der Waals surface area contributed by atoms with Crippen LogP contribution in [0.3, 0.4) is 0 Å². The summed E-state index contributed by atoms with van der Waals surface area (Å²) < 4.78 is 0. The summed E-state index contributed by atoms with van der Waals surface area (Å²) in [7, 11) is 0. The van der Waals surface area contributed by atoms with Gasteiger partial charge in [-0.25, -0.2) is 0 Å². The summed E-state index contributed by atoms with van der Waals surface area (Å²) >= 11 is 0. The van der Waals surface area contributed by atoms with Crippen LogP contribution in [0.4, 0.5) is 0 Å². The van der Waals surface area contributed by atoms with Crippen LogP contribution in [-0.2, 0) is 0 Å². The number of hydrogen-bond donors (Lipinski definition) is 1. The van der Waals surface area contributed by atoms with E-state index in [4.69, 9.17) is 5.73 Å². The van der Waals surface area contributed by atoms with E-state index in [2.05, 4.69) is 20.8 Å². The molecule has 0 aliphatic heterocycles. The molecule has 1 heteroatoms. The maximum absolute atomic E-state index is 6.09. The average Bonchev–Trinajstić information content (AvgIpc) is 1.91. The summed E-state index contributed by atoms with van der Waals surface area (Å²) in [5, 5.41) is 0. The van der Waals surface area contributed by atoms with E-state index in [9.17, 15) is 0 Å². The molecule has 2 N–H and O–H groups in total. The molecule has 0 spiro atoms. The molecule has 1 saturated carbocycles. The molecule has 1 rings (SSSR count). The van der Waals surface area contributed by atoms with E-state index >= 15 is 0 Å². The smallest absolute Gasteiger partial charge is 0.00673 e. The van der Waals surface area contributed by atoms with Crippen LogP contribution in [0.5, 0.6) is 0 Å². The highest BCUT2D eigenvalue weighted by atomic mass is 14.7. The van der Waals surface area contributed by atoms with Crippen LogP contribution in [0.2, 0.25) is 0 Å². The summed E-state index contributed by atoms with van der Waals surface area (Å²) in [6, 6.07) is 0.484. The van der Waals surface area contributed by atoms with Gasteiger partial charge in [-0.05, 0) is 30.6 Å². The van der Waals surface area contributed by atoms with Crippen molar-refractivity contribution in [1.82, 2.24) is 0 Å². The third-order valence-electron chi connectivity index (χ3n) is 2.84. The molecule has 1 unspecified atom stereocenters. The molecule has 2 atom stereocenters. The summed E-state index contributed by atoms with van der Waals surface area (Å²) in [4.78, 5) is 0. The van der Waals surface area contributed by atoms with E-state index in [-0.39, 0.29) is 0 Å². The standard InChI is InChI=1S/C11H23N/c1-11(2,3)8-9-6-4-5-7-10(9)12/h9-10H,4-8,12H2,1-3H3/t9-,10?/m0/s1. The fourth-order valence-electron chi connectivity index (χ4n) is 2.28. The van der Waals surface area contributed by atoms with Crippen molar-refractivity contribution in [1.29, 1.82) is 0 Å². The van der Waals surface area contributed by atoms with Gasteiger partial charge >= 0.3 is 0 Å². The van der Waals surface area contributed by atoms with Gasteiger partial charge in [-0.15, -0.1) is 0 Å². The Labute approximate surface area is 76.7 Å². The first kappa shape index (κ1) is 10.0. The maximum atomic E-state index is 6.09. The predicted molar refractivity (Wildman–Crippen MR) is 54.0 cm³/mol. The highest BCUT2D eigenvalue weighted by Gasteiger charge is 2.25. The van der Waals surface area contributed by atoms with Gasteiger partial charge in [0.25, 0.3) is 0 Å². The van der Waals surface area contributed by atoms with Crippen molar-refractivity contribution in [2.45, 2.75) is 58.9 Å². The highest BCUT2D eigenvalue weighted by molar-refractivity contribution is 4.81. The number of nitrogens with two attached hydrogens (primary N) is 1. The van der Waals surface area contributed by atoms with Crippen LogP contribution in [0.15, 0.2) is 0 Å². The lowest BCUT2D eigenvalue weighted by atomic mass is 9.75. The summed E-state index contributed by atoms with van der Waals surface area (Å²) in [5.74, 6) is 0.791. The lowest BCUT2D eigenvalue weighted by molar-refractivity contribution is 0.213. The van der Waals surface area contributed by atoms with E-state index in [1.54, 1.807) is 0 Å². The van der Waals surface area contributed by atoms with E-state index in [1.165, 1.54) is 32.1 Å². The fourth-order valence-corrected chi connectivity index (χ4v) is 2.28. The van der Waals surface area contributed by atoms with E-state index < -0.39 is 0 Å². The van der Waals surface area contributed by atoms with Crippen LogP contribution < -0.4 is 5.73 Å². The molecule has 0 aromatic carbocycles. The van der Waals surface area contributed by atoms with E-state index in [1.807, 2.05) is 0 Å². The molecule has 0 aromatic rings. The lowest BCUT2D eigenvalue weighted by Crippen LogP contribution is -2.35. The Morgan fingerprint density at radius 3 is 2.25 bits per heavy atom. The Morgan fingerprint density at radius 1 is 1.17 bits per heavy atom. The SMILES string of the molecule is CC(C)(C)C[C@@H]1CCCCC1N. The maximum Gasteiger partial charge on any atom is 0.00673 e. The van der Waals surface area contributed by atoms with Gasteiger partial charge in [-0.2, -0.15) is 0 Å². The fraction of sp³-hybridized carbons (Fsp3) is 1.00. The largest absolute Gasteiger partial charge is 0.327 e. The Morgan fingerprint density at radius 2 is 1.75 bits per heavy atom. The van der Waals surface area contributed by atoms with Crippen molar-refractivity contribution < 1.29 is 0 Å². The van der Waals surface area contributed by atoms with Gasteiger partial charge in [-0.3, -0.25) is 0 Å². The second kappa shape index (κ2) is 3.78. The van der Waals surface area contributed by atoms with Crippen LogP contribution in [0.25, 0.3) is 0 Å². The average molecular weight is 169 g/mol. The first-order chi connectivity index (χ1) is 5.49. The molecule has 1 fully saturated rings. The second-order valence-electron chi connectivity index (χ2n) is 5.47. The molecule has 0 aromatic heterocycles. The van der Waals surface area contributed by atoms with E-state index in [0.29, 0.717) is 11.5 Å². The van der Waals surface area contributed by atoms with Gasteiger partial charge < -0.3 is 5.73 Å². The zero-order chi connectivity index (χ0) is 9.19. The Hall–Kier alpha value is -0.0400. The van der Waals surface area contributed by atoms with Crippen molar-refractivity contribution in [3.63, 3.8) is 0 Å². The summed E-state index contributed by atoms with van der Waals surface area (Å²) in [5.41, 5.74) is 6.54. The van der Waals surface area contributed by atoms with E-state index in [0.717, 1.165) is 5.92 Å². The van der Waals surface area contributed by atoms with Crippen LogP contribution >= 0.6 is 0 Å². The van der Waals surface area contributed by atoms with Crippen molar-refractivity contribution >= 4 is 0 Å². The summed E-state index contributed by atoms with van der Waals surface area (Å²) in [6.45, 7) is 6.94. The van der Waals surface area contributed by atoms with Gasteiger partial charge in [0.05, 0.1) is 0 Å². The highest BCUT2D eigenvalue weighted by Crippen LogP contribution is 2.33. The quantitative estimate of drug-likeness (QED) is 0.641. The Kier molecular flexibility index (Phi) is 3.16. The Bertz CT molecular complexity index is 134. The number of rotatable bonds is 1. The van der Waals surface area contributed by atoms with Crippen LogP contribution in [-0.4, -0.2) is 6.04 Å². The van der Waals surface area contributed by atoms with Crippen molar-refractivity contribution in [2.75, 3.05) is 0 Å². The predicted octanol–water partition coefficient (Wildman–Crippen LogP) is 2.94. The zero-order valence-electron chi connectivity index (χ0n) is 8.77. The molecule has 0 heterocycles. The molecule has 1 aliphatic rings. The molecule has 0 bridgehead atoms. The molecule has 0 saturated heterocycles. The molecule has 1 aliphatic carbocycles. The van der Waals surface area contributed by atoms with Crippen molar-refractivity contribution in [3.8, 4) is 0 Å². The first-order valence-corrected chi connectivity index (χ1v) is 5.24. The minimum Gasteiger partial charge on any atom is -0.327 e. The van der Waals surface area contributed by atoms with Gasteiger partial charge in [0.15, 0.2) is 0 Å². The minimum absolute atomic E-state index is 0.458. The van der Waals surface area contributed by atoms with Crippen molar-refractivity contribution in [3.05, 3.63) is 0 Å². The Balaban J connectivity index is 2.39. The van der Waals surface area contributed by atoms with Crippen molar-refractivity contribution in [2.24, 2.45) is 17.1 Å². The molecular formula is C11H23N. The third-order valence-corrected chi connectivity index (χ3v) is 2.84. The lowest BCUT2D eigenvalue weighted by Gasteiger charge is -2.33. The minimum atomic E-state index is 0.458. The molecule has 0 amide bonds. The number of hydrogen-bond acceptors (Lipinski definition) is 1. The van der Waals surface area contributed by atoms with Crippen LogP contribution in [0.1, 0.15) is 52.9 Å². The van der Waals surface area contributed by atoms with Gasteiger partial charge in [0, 0.05) is 6.04 Å². The molecule has 12 heavy (non-hydrogen) atoms. The molecule has 72 valence electrons. The molecule has 1 nitrogen and oxygen atoms in total. The summed E-state index contributed by atoms with van der Waals surface area (Å²) in [6.07, 6.45) is 6.66. The molecular weight excluding hydrogens is 146 g/mol. The first-order valence-electron chi connectivity index (χ1n) is 5.24. The van der Waals surface area contributed by atoms with Gasteiger partial charge in [0.2, 0.25) is 0 Å². The monoisotopic (exact) mass is 169 g/mol.